The van der Waals surface area contributed by atoms with E-state index in [0.717, 1.165) is 6.20 Å². The van der Waals surface area contributed by atoms with Crippen molar-refractivity contribution in [2.45, 2.75) is 55.7 Å². The fourth-order valence-corrected chi connectivity index (χ4v) is 3.94. The third kappa shape index (κ3) is 5.00. The molecule has 5 rings (SSSR count). The Hall–Kier alpha value is -4.02. The van der Waals surface area contributed by atoms with Crippen LogP contribution in [0, 0.1) is 11.3 Å². The molecule has 0 bridgehead atoms. The minimum atomic E-state index is -4.78. The molecule has 3 heterocycles. The lowest BCUT2D eigenvalue weighted by molar-refractivity contribution is -0.144. The van der Waals surface area contributed by atoms with E-state index in [1.165, 1.54) is 12.3 Å². The summed E-state index contributed by atoms with van der Waals surface area (Å²) in [6, 6.07) is 6.10. The number of anilines is 3. The van der Waals surface area contributed by atoms with Crippen LogP contribution in [0.25, 0.3) is 11.5 Å². The number of nitrogens with zero attached hydrogens (tertiary/aromatic N) is 7. The van der Waals surface area contributed by atoms with E-state index in [-0.39, 0.29) is 36.3 Å². The van der Waals surface area contributed by atoms with Crippen LogP contribution in [0.2, 0.25) is 0 Å². The molecule has 1 atom stereocenters. The molecular weight excluding hydrogens is 485 g/mol. The van der Waals surface area contributed by atoms with Crippen LogP contribution in [0.3, 0.4) is 0 Å². The van der Waals surface area contributed by atoms with Crippen molar-refractivity contribution in [1.29, 1.82) is 5.26 Å². The number of pyridine rings is 1. The highest BCUT2D eigenvalue weighted by Crippen LogP contribution is 2.47. The zero-order valence-electron chi connectivity index (χ0n) is 18.5. The maximum absolute atomic E-state index is 13.7. The van der Waals surface area contributed by atoms with Crippen molar-refractivity contribution in [3.05, 3.63) is 42.1 Å². The molecule has 9 nitrogen and oxygen atoms in total. The van der Waals surface area contributed by atoms with Gasteiger partial charge in [0.05, 0.1) is 17.2 Å². The van der Waals surface area contributed by atoms with Crippen molar-refractivity contribution in [2.24, 2.45) is 0 Å². The smallest absolute Gasteiger partial charge is 0.351 e. The maximum Gasteiger partial charge on any atom is 0.451 e. The van der Waals surface area contributed by atoms with Crippen LogP contribution in [0.15, 0.2) is 30.6 Å². The lowest BCUT2D eigenvalue weighted by Crippen LogP contribution is -2.21. The lowest BCUT2D eigenvalue weighted by Gasteiger charge is -2.15. The molecule has 2 fully saturated rings. The van der Waals surface area contributed by atoms with Gasteiger partial charge in [-0.15, -0.1) is 0 Å². The molecule has 14 heteroatoms. The second kappa shape index (κ2) is 8.58. The van der Waals surface area contributed by atoms with Gasteiger partial charge >= 0.3 is 6.18 Å². The first-order valence-electron chi connectivity index (χ1n) is 11.0. The summed E-state index contributed by atoms with van der Waals surface area (Å²) >= 11 is 0. The molecule has 2 aliphatic carbocycles. The van der Waals surface area contributed by atoms with Crippen LogP contribution < -0.4 is 10.6 Å². The summed E-state index contributed by atoms with van der Waals surface area (Å²) in [6.07, 6.45) is -1.52. The van der Waals surface area contributed by atoms with E-state index in [2.05, 4.69) is 46.6 Å². The summed E-state index contributed by atoms with van der Waals surface area (Å²) in [7, 11) is 0. The normalized spacial score (nSPS) is 19.9. The van der Waals surface area contributed by atoms with Crippen molar-refractivity contribution in [3.8, 4) is 17.6 Å². The minimum absolute atomic E-state index is 0.0571. The average molecular weight is 503 g/mol. The number of hydrogen-bond donors (Lipinski definition) is 2. The highest BCUT2D eigenvalue weighted by Gasteiger charge is 2.46. The van der Waals surface area contributed by atoms with Crippen LogP contribution >= 0.6 is 0 Å². The predicted molar refractivity (Wildman–Crippen MR) is 116 cm³/mol. The Kier molecular flexibility index (Phi) is 5.65. The first kappa shape index (κ1) is 23.7. The van der Waals surface area contributed by atoms with E-state index < -0.39 is 35.8 Å². The Labute approximate surface area is 201 Å². The molecule has 36 heavy (non-hydrogen) atoms. The molecule has 0 spiro atoms. The molecule has 186 valence electrons. The van der Waals surface area contributed by atoms with Crippen LogP contribution in [0.1, 0.15) is 43.6 Å². The van der Waals surface area contributed by atoms with Gasteiger partial charge in [0.2, 0.25) is 23.6 Å². The van der Waals surface area contributed by atoms with Gasteiger partial charge in [0.25, 0.3) is 0 Å². The molecule has 3 aromatic heterocycles. The largest absolute Gasteiger partial charge is 0.451 e. The molecule has 2 saturated carbocycles. The summed E-state index contributed by atoms with van der Waals surface area (Å²) in [5, 5.41) is 15.2. The molecule has 0 aliphatic heterocycles. The highest BCUT2D eigenvalue weighted by atomic mass is 19.4. The third-order valence-electron chi connectivity index (χ3n) is 5.98. The summed E-state index contributed by atoms with van der Waals surface area (Å²) in [5.74, 6) is -4.56. The molecule has 0 aromatic carbocycles. The molecule has 2 N–H and O–H groups in total. The molecule has 0 saturated heterocycles. The van der Waals surface area contributed by atoms with E-state index in [4.69, 9.17) is 0 Å². The minimum Gasteiger partial charge on any atom is -0.351 e. The number of halogens is 5. The van der Waals surface area contributed by atoms with E-state index in [1.54, 1.807) is 12.1 Å². The van der Waals surface area contributed by atoms with Gasteiger partial charge in [-0.25, -0.2) is 18.7 Å². The fraction of sp³-hybridized carbons (Fsp3) is 0.409. The predicted octanol–water partition coefficient (Wildman–Crippen LogP) is 4.64. The molecule has 0 radical (unpaired) electrons. The van der Waals surface area contributed by atoms with Gasteiger partial charge < -0.3 is 10.6 Å². The number of aromatic nitrogens is 6. The third-order valence-corrected chi connectivity index (χ3v) is 5.98. The Balaban J connectivity index is 1.49. The lowest BCUT2D eigenvalue weighted by atomic mass is 10.0. The van der Waals surface area contributed by atoms with E-state index >= 15 is 0 Å². The maximum atomic E-state index is 13.7. The Morgan fingerprint density at radius 3 is 2.39 bits per heavy atom. The standard InChI is InChI=1S/C22H18F5N9/c23-21(24)4-1-13(10-21)32-19-35-16(14-3-8-30-17(33-14)22(25,26)27)34-18(36-19)31-12-2-7-29-15(9-12)20(11-28)5-6-20/h2-3,7-9,13H,1,4-6,10H2,(H2,29,31,32,34,35,36). The van der Waals surface area contributed by atoms with Gasteiger partial charge in [0.1, 0.15) is 5.69 Å². The molecule has 0 amide bonds. The zero-order valence-corrected chi connectivity index (χ0v) is 18.5. The van der Waals surface area contributed by atoms with E-state index in [1.807, 2.05) is 0 Å². The van der Waals surface area contributed by atoms with Crippen LogP contribution in [-0.4, -0.2) is 41.9 Å². The fourth-order valence-electron chi connectivity index (χ4n) is 3.94. The van der Waals surface area contributed by atoms with Gasteiger partial charge in [-0.1, -0.05) is 0 Å². The van der Waals surface area contributed by atoms with Gasteiger partial charge in [0, 0.05) is 37.0 Å². The van der Waals surface area contributed by atoms with Crippen molar-refractivity contribution < 1.29 is 22.0 Å². The topological polar surface area (TPSA) is 125 Å². The average Bonchev–Trinajstić information content (AvgIpc) is 3.56. The number of nitrogens with one attached hydrogen (secondary N) is 2. The van der Waals surface area contributed by atoms with Gasteiger partial charge in [0.15, 0.2) is 5.82 Å². The second-order valence-electron chi connectivity index (χ2n) is 8.76. The SMILES string of the molecule is N#CC1(c2cc(Nc3nc(NC4CCC(F)(F)C4)nc(-c4ccnc(C(F)(F)F)n4)n3)ccn2)CC1. The number of nitriles is 1. The quantitative estimate of drug-likeness (QED) is 0.463. The second-order valence-corrected chi connectivity index (χ2v) is 8.76. The van der Waals surface area contributed by atoms with Gasteiger partial charge in [-0.3, -0.25) is 4.98 Å². The summed E-state index contributed by atoms with van der Waals surface area (Å²) in [5.41, 5.74) is 0.189. The summed E-state index contributed by atoms with van der Waals surface area (Å²) < 4.78 is 66.8. The Bertz CT molecular complexity index is 1330. The van der Waals surface area contributed by atoms with Crippen molar-refractivity contribution in [1.82, 2.24) is 29.9 Å². The summed E-state index contributed by atoms with van der Waals surface area (Å²) in [4.78, 5) is 23.6. The van der Waals surface area contributed by atoms with Crippen molar-refractivity contribution in [3.63, 3.8) is 0 Å². The number of alkyl halides is 5. The molecule has 2 aliphatic rings. The van der Waals surface area contributed by atoms with Crippen molar-refractivity contribution >= 4 is 17.6 Å². The first-order chi connectivity index (χ1) is 17.1. The van der Waals surface area contributed by atoms with Crippen LogP contribution in [0.4, 0.5) is 39.5 Å². The highest BCUT2D eigenvalue weighted by molar-refractivity contribution is 5.59. The number of rotatable bonds is 6. The molecule has 1 unspecified atom stereocenters. The summed E-state index contributed by atoms with van der Waals surface area (Å²) in [6.45, 7) is 0. The first-order valence-corrected chi connectivity index (χ1v) is 11.0. The molecule has 3 aromatic rings. The number of hydrogen-bond acceptors (Lipinski definition) is 9. The Morgan fingerprint density at radius 2 is 1.72 bits per heavy atom. The Morgan fingerprint density at radius 1 is 0.972 bits per heavy atom. The van der Waals surface area contributed by atoms with Gasteiger partial charge in [-0.2, -0.15) is 33.4 Å². The van der Waals surface area contributed by atoms with E-state index in [9.17, 15) is 27.2 Å². The van der Waals surface area contributed by atoms with Crippen LogP contribution in [0.5, 0.6) is 0 Å². The zero-order chi connectivity index (χ0) is 25.6. The van der Waals surface area contributed by atoms with Crippen molar-refractivity contribution in [2.75, 3.05) is 10.6 Å². The van der Waals surface area contributed by atoms with E-state index in [0.29, 0.717) is 24.2 Å². The van der Waals surface area contributed by atoms with Gasteiger partial charge in [-0.05, 0) is 37.5 Å². The monoisotopic (exact) mass is 503 g/mol. The molecular formula is C22H18F5N9. The van der Waals surface area contributed by atoms with Crippen LogP contribution in [-0.2, 0) is 11.6 Å².